The zero-order chi connectivity index (χ0) is 15.0. The lowest BCUT2D eigenvalue weighted by Gasteiger charge is -2.31. The summed E-state index contributed by atoms with van der Waals surface area (Å²) in [7, 11) is -3.33. The summed E-state index contributed by atoms with van der Waals surface area (Å²) in [6.07, 6.45) is 4.63. The van der Waals surface area contributed by atoms with Gasteiger partial charge in [-0.25, -0.2) is 8.42 Å². The molecule has 118 valence electrons. The maximum atomic E-state index is 12.7. The van der Waals surface area contributed by atoms with Gasteiger partial charge in [-0.2, -0.15) is 4.31 Å². The highest BCUT2D eigenvalue weighted by molar-refractivity contribution is 9.11. The van der Waals surface area contributed by atoms with Crippen molar-refractivity contribution in [2.24, 2.45) is 5.92 Å². The van der Waals surface area contributed by atoms with Crippen molar-refractivity contribution in [3.8, 4) is 0 Å². The first-order valence-corrected chi connectivity index (χ1v) is 10.5. The van der Waals surface area contributed by atoms with E-state index < -0.39 is 10.0 Å². The van der Waals surface area contributed by atoms with E-state index in [1.807, 2.05) is 6.92 Å². The number of nitrogens with zero attached hydrogens (tertiary/aromatic N) is 1. The van der Waals surface area contributed by atoms with Crippen LogP contribution in [0.3, 0.4) is 0 Å². The van der Waals surface area contributed by atoms with E-state index in [1.165, 1.54) is 24.2 Å². The molecule has 1 aliphatic carbocycles. The summed E-state index contributed by atoms with van der Waals surface area (Å²) in [5, 5.41) is 3.52. The van der Waals surface area contributed by atoms with Crippen LogP contribution in [0, 0.1) is 12.8 Å². The van der Waals surface area contributed by atoms with Crippen molar-refractivity contribution in [2.75, 3.05) is 19.6 Å². The zero-order valence-electron chi connectivity index (χ0n) is 12.1. The normalized spacial score (nSPS) is 24.4. The summed E-state index contributed by atoms with van der Waals surface area (Å²) < 4.78 is 28.5. The van der Waals surface area contributed by atoms with Gasteiger partial charge in [0, 0.05) is 19.1 Å². The fraction of sp³-hybridized carbons (Fsp3) is 0.714. The van der Waals surface area contributed by atoms with Crippen molar-refractivity contribution in [3.05, 3.63) is 15.4 Å². The van der Waals surface area contributed by atoms with Gasteiger partial charge in [0.05, 0.1) is 3.79 Å². The zero-order valence-corrected chi connectivity index (χ0v) is 15.4. The Morgan fingerprint density at radius 1 is 1.43 bits per heavy atom. The average molecular weight is 393 g/mol. The van der Waals surface area contributed by atoms with E-state index >= 15 is 0 Å². The Kier molecular flexibility index (Phi) is 4.76. The van der Waals surface area contributed by atoms with E-state index in [1.54, 1.807) is 10.4 Å². The highest BCUT2D eigenvalue weighted by Gasteiger charge is 2.32. The fourth-order valence-corrected chi connectivity index (χ4v) is 6.65. The molecule has 1 aromatic heterocycles. The summed E-state index contributed by atoms with van der Waals surface area (Å²) in [4.78, 5) is 0. The Morgan fingerprint density at radius 2 is 2.19 bits per heavy atom. The number of halogens is 1. The third-order valence-corrected chi connectivity index (χ3v) is 8.63. The summed E-state index contributed by atoms with van der Waals surface area (Å²) in [6.45, 7) is 4.18. The summed E-state index contributed by atoms with van der Waals surface area (Å²) in [6, 6.07) is 2.46. The molecule has 0 amide bonds. The van der Waals surface area contributed by atoms with Gasteiger partial charge in [0.25, 0.3) is 10.0 Å². The third-order valence-electron chi connectivity index (χ3n) is 4.18. The minimum Gasteiger partial charge on any atom is -0.314 e. The molecule has 2 aliphatic rings. The molecule has 1 saturated heterocycles. The van der Waals surface area contributed by atoms with Crippen molar-refractivity contribution in [2.45, 2.75) is 42.9 Å². The Morgan fingerprint density at radius 3 is 2.81 bits per heavy atom. The molecule has 0 radical (unpaired) electrons. The van der Waals surface area contributed by atoms with Crippen molar-refractivity contribution in [1.29, 1.82) is 0 Å². The molecule has 1 aliphatic heterocycles. The van der Waals surface area contributed by atoms with E-state index in [0.717, 1.165) is 28.7 Å². The number of aryl methyl sites for hydroxylation is 1. The molecule has 1 atom stereocenters. The minimum atomic E-state index is -3.33. The third kappa shape index (κ3) is 3.69. The molecule has 7 heteroatoms. The SMILES string of the molecule is Cc1cc(S(=O)(=O)N2CCCC(CNC3CC3)C2)sc1Br. The Balaban J connectivity index is 1.68. The van der Waals surface area contributed by atoms with E-state index in [0.29, 0.717) is 29.3 Å². The predicted octanol–water partition coefficient (Wildman–Crippen LogP) is 2.97. The molecule has 0 aromatic carbocycles. The summed E-state index contributed by atoms with van der Waals surface area (Å²) in [5.74, 6) is 0.443. The molecule has 0 spiro atoms. The van der Waals surface area contributed by atoms with Crippen molar-refractivity contribution in [1.82, 2.24) is 9.62 Å². The first kappa shape index (κ1) is 15.9. The first-order valence-electron chi connectivity index (χ1n) is 7.46. The number of rotatable bonds is 5. The number of hydrogen-bond acceptors (Lipinski definition) is 4. The highest BCUT2D eigenvalue weighted by Crippen LogP contribution is 2.33. The van der Waals surface area contributed by atoms with Crippen LogP contribution in [0.1, 0.15) is 31.2 Å². The minimum absolute atomic E-state index is 0.443. The van der Waals surface area contributed by atoms with Crippen LogP contribution >= 0.6 is 27.3 Å². The quantitative estimate of drug-likeness (QED) is 0.837. The molecule has 2 heterocycles. The van der Waals surface area contributed by atoms with Gasteiger partial charge in [-0.05, 0) is 72.6 Å². The van der Waals surface area contributed by atoms with Crippen LogP contribution in [0.4, 0.5) is 0 Å². The van der Waals surface area contributed by atoms with Crippen LogP contribution in [0.15, 0.2) is 14.1 Å². The molecule has 1 N–H and O–H groups in total. The maximum Gasteiger partial charge on any atom is 0.252 e. The number of piperidine rings is 1. The van der Waals surface area contributed by atoms with Gasteiger partial charge < -0.3 is 5.32 Å². The van der Waals surface area contributed by atoms with Crippen LogP contribution in [-0.4, -0.2) is 38.4 Å². The van der Waals surface area contributed by atoms with Gasteiger partial charge in [-0.15, -0.1) is 11.3 Å². The summed E-state index contributed by atoms with van der Waals surface area (Å²) in [5.41, 5.74) is 0.988. The highest BCUT2D eigenvalue weighted by atomic mass is 79.9. The number of thiophene rings is 1. The van der Waals surface area contributed by atoms with E-state index in [2.05, 4.69) is 21.2 Å². The molecule has 0 bridgehead atoms. The molecule has 1 saturated carbocycles. The Bertz CT molecular complexity index is 591. The van der Waals surface area contributed by atoms with Gasteiger partial charge in [0.15, 0.2) is 0 Å². The van der Waals surface area contributed by atoms with E-state index in [4.69, 9.17) is 0 Å². The lowest BCUT2D eigenvalue weighted by atomic mass is 10.00. The van der Waals surface area contributed by atoms with Gasteiger partial charge in [0.2, 0.25) is 0 Å². The first-order chi connectivity index (χ1) is 9.96. The van der Waals surface area contributed by atoms with Gasteiger partial charge in [0.1, 0.15) is 4.21 Å². The molecule has 4 nitrogen and oxygen atoms in total. The van der Waals surface area contributed by atoms with Crippen molar-refractivity contribution >= 4 is 37.3 Å². The van der Waals surface area contributed by atoms with Crippen LogP contribution < -0.4 is 5.32 Å². The smallest absolute Gasteiger partial charge is 0.252 e. The topological polar surface area (TPSA) is 49.4 Å². The van der Waals surface area contributed by atoms with Crippen LogP contribution in [0.25, 0.3) is 0 Å². The molecular formula is C14H21BrN2O2S2. The lowest BCUT2D eigenvalue weighted by molar-refractivity contribution is 0.260. The average Bonchev–Trinajstić information content (AvgIpc) is 3.23. The van der Waals surface area contributed by atoms with Gasteiger partial charge >= 0.3 is 0 Å². The molecule has 2 fully saturated rings. The van der Waals surface area contributed by atoms with Gasteiger partial charge in [-0.1, -0.05) is 0 Å². The Labute approximate surface area is 139 Å². The molecular weight excluding hydrogens is 372 g/mol. The molecule has 3 rings (SSSR count). The van der Waals surface area contributed by atoms with E-state index in [9.17, 15) is 8.42 Å². The maximum absolute atomic E-state index is 12.7. The molecule has 21 heavy (non-hydrogen) atoms. The van der Waals surface area contributed by atoms with Crippen molar-refractivity contribution < 1.29 is 8.42 Å². The largest absolute Gasteiger partial charge is 0.314 e. The van der Waals surface area contributed by atoms with Crippen LogP contribution in [-0.2, 0) is 10.0 Å². The monoisotopic (exact) mass is 392 g/mol. The second-order valence-corrected chi connectivity index (χ2v) is 10.6. The van der Waals surface area contributed by atoms with Crippen molar-refractivity contribution in [3.63, 3.8) is 0 Å². The van der Waals surface area contributed by atoms with E-state index in [-0.39, 0.29) is 0 Å². The number of hydrogen-bond donors (Lipinski definition) is 1. The van der Waals surface area contributed by atoms with Crippen LogP contribution in [0.2, 0.25) is 0 Å². The summed E-state index contributed by atoms with van der Waals surface area (Å²) >= 11 is 4.73. The predicted molar refractivity (Wildman–Crippen MR) is 89.3 cm³/mol. The second kappa shape index (κ2) is 6.28. The van der Waals surface area contributed by atoms with Gasteiger partial charge in [-0.3, -0.25) is 0 Å². The van der Waals surface area contributed by atoms with Crippen LogP contribution in [0.5, 0.6) is 0 Å². The molecule has 1 aromatic rings. The number of nitrogens with one attached hydrogen (secondary N) is 1. The Hall–Kier alpha value is 0.0500. The second-order valence-electron chi connectivity index (χ2n) is 6.08. The standard InChI is InChI=1S/C14H21BrN2O2S2/c1-10-7-13(20-14(10)15)21(18,19)17-6-2-3-11(9-17)8-16-12-4-5-12/h7,11-12,16H,2-6,8-9H2,1H3. The lowest BCUT2D eigenvalue weighted by Crippen LogP contribution is -2.42. The molecule has 1 unspecified atom stereocenters. The fourth-order valence-electron chi connectivity index (χ4n) is 2.72. The number of sulfonamides is 1.